The van der Waals surface area contributed by atoms with Crippen LogP contribution in [0.25, 0.3) is 0 Å². The molecule has 0 saturated carbocycles. The molecule has 120 valence electrons. The standard InChI is InChI=1S/C14H22N2O2S2.ClH/c1-18-10-14(4-6-15-7-5-14)9-16-13(17)12-11(19-2)3-8-20-12;/h3,8,15H,4-7,9-10H2,1-2H3,(H,16,17);1H. The van der Waals surface area contributed by atoms with E-state index >= 15 is 0 Å². The summed E-state index contributed by atoms with van der Waals surface area (Å²) in [4.78, 5) is 14.2. The minimum atomic E-state index is 0. The first-order chi connectivity index (χ1) is 9.71. The summed E-state index contributed by atoms with van der Waals surface area (Å²) in [7, 11) is 1.73. The number of methoxy groups -OCH3 is 1. The first kappa shape index (κ1) is 18.8. The third-order valence-corrected chi connectivity index (χ3v) is 5.62. The van der Waals surface area contributed by atoms with Gasteiger partial charge < -0.3 is 15.4 Å². The Kier molecular flexibility index (Phi) is 8.05. The van der Waals surface area contributed by atoms with Crippen molar-refractivity contribution >= 4 is 41.4 Å². The number of thioether (sulfide) groups is 1. The molecule has 0 atom stereocenters. The van der Waals surface area contributed by atoms with Crippen molar-refractivity contribution < 1.29 is 9.53 Å². The minimum absolute atomic E-state index is 0. The first-order valence-corrected chi connectivity index (χ1v) is 8.90. The van der Waals surface area contributed by atoms with Crippen molar-refractivity contribution in [2.45, 2.75) is 17.7 Å². The molecule has 7 heteroatoms. The average molecular weight is 351 g/mol. The van der Waals surface area contributed by atoms with Crippen LogP contribution < -0.4 is 10.6 Å². The van der Waals surface area contributed by atoms with Gasteiger partial charge in [-0.3, -0.25) is 4.79 Å². The summed E-state index contributed by atoms with van der Waals surface area (Å²) in [5.74, 6) is 0.0401. The van der Waals surface area contributed by atoms with Crippen molar-refractivity contribution in [1.82, 2.24) is 10.6 Å². The van der Waals surface area contributed by atoms with Gasteiger partial charge in [-0.15, -0.1) is 35.5 Å². The van der Waals surface area contributed by atoms with Gasteiger partial charge >= 0.3 is 0 Å². The van der Waals surface area contributed by atoms with Gasteiger partial charge in [-0.1, -0.05) is 0 Å². The van der Waals surface area contributed by atoms with E-state index in [-0.39, 0.29) is 23.7 Å². The van der Waals surface area contributed by atoms with Crippen molar-refractivity contribution in [3.63, 3.8) is 0 Å². The van der Waals surface area contributed by atoms with Crippen LogP contribution in [0.5, 0.6) is 0 Å². The quantitative estimate of drug-likeness (QED) is 0.774. The molecule has 1 aromatic heterocycles. The number of carbonyl (C=O) groups excluding carboxylic acids is 1. The van der Waals surface area contributed by atoms with E-state index in [0.717, 1.165) is 35.7 Å². The molecular formula is C14H23ClN2O2S2. The highest BCUT2D eigenvalue weighted by Crippen LogP contribution is 2.29. The Balaban J connectivity index is 0.00000220. The Labute approximate surface area is 140 Å². The SMILES string of the molecule is COCC1(CNC(=O)c2sccc2SC)CCNCC1.Cl. The lowest BCUT2D eigenvalue weighted by atomic mass is 9.79. The zero-order valence-corrected chi connectivity index (χ0v) is 14.9. The van der Waals surface area contributed by atoms with E-state index in [0.29, 0.717) is 13.2 Å². The maximum absolute atomic E-state index is 12.3. The van der Waals surface area contributed by atoms with E-state index < -0.39 is 0 Å². The van der Waals surface area contributed by atoms with Crippen LogP contribution in [-0.4, -0.2) is 45.5 Å². The molecule has 0 radical (unpaired) electrons. The highest BCUT2D eigenvalue weighted by Gasteiger charge is 2.32. The number of piperidine rings is 1. The van der Waals surface area contributed by atoms with Crippen LogP contribution >= 0.6 is 35.5 Å². The molecule has 1 aromatic rings. The number of rotatable bonds is 6. The van der Waals surface area contributed by atoms with Gasteiger partial charge in [0.25, 0.3) is 5.91 Å². The summed E-state index contributed by atoms with van der Waals surface area (Å²) in [6, 6.07) is 2.00. The zero-order valence-electron chi connectivity index (χ0n) is 12.4. The molecule has 1 amide bonds. The van der Waals surface area contributed by atoms with Gasteiger partial charge in [-0.2, -0.15) is 0 Å². The second-order valence-corrected chi connectivity index (χ2v) is 6.95. The average Bonchev–Trinajstić information content (AvgIpc) is 2.95. The largest absolute Gasteiger partial charge is 0.384 e. The maximum Gasteiger partial charge on any atom is 0.262 e. The summed E-state index contributed by atoms with van der Waals surface area (Å²) >= 11 is 3.12. The van der Waals surface area contributed by atoms with Gasteiger partial charge in [-0.05, 0) is 43.6 Å². The molecule has 2 N–H and O–H groups in total. The molecule has 4 nitrogen and oxygen atoms in total. The summed E-state index contributed by atoms with van der Waals surface area (Å²) in [6.07, 6.45) is 4.08. The molecule has 21 heavy (non-hydrogen) atoms. The van der Waals surface area contributed by atoms with E-state index in [1.54, 1.807) is 18.9 Å². The normalized spacial score (nSPS) is 17.0. The highest BCUT2D eigenvalue weighted by atomic mass is 35.5. The monoisotopic (exact) mass is 350 g/mol. The fourth-order valence-corrected chi connectivity index (χ4v) is 4.27. The highest BCUT2D eigenvalue weighted by molar-refractivity contribution is 7.98. The number of hydrogen-bond acceptors (Lipinski definition) is 5. The second-order valence-electron chi connectivity index (χ2n) is 5.18. The third kappa shape index (κ3) is 4.86. The Hall–Kier alpha value is -0.270. The van der Waals surface area contributed by atoms with E-state index in [4.69, 9.17) is 4.74 Å². The van der Waals surface area contributed by atoms with E-state index in [1.807, 2.05) is 17.7 Å². The maximum atomic E-state index is 12.3. The van der Waals surface area contributed by atoms with Gasteiger partial charge in [0, 0.05) is 24.0 Å². The second kappa shape index (κ2) is 9.00. The molecule has 0 aliphatic carbocycles. The number of halogens is 1. The predicted molar refractivity (Wildman–Crippen MR) is 92.1 cm³/mol. The number of amides is 1. The molecule has 0 aromatic carbocycles. The summed E-state index contributed by atoms with van der Waals surface area (Å²) in [5.41, 5.74) is 0.0758. The number of ether oxygens (including phenoxy) is 1. The Morgan fingerprint density at radius 2 is 2.24 bits per heavy atom. The topological polar surface area (TPSA) is 50.4 Å². The number of carbonyl (C=O) groups is 1. The molecule has 1 fully saturated rings. The Bertz CT molecular complexity index is 442. The van der Waals surface area contributed by atoms with Crippen molar-refractivity contribution in [2.24, 2.45) is 5.41 Å². The fourth-order valence-electron chi connectivity index (χ4n) is 2.61. The van der Waals surface area contributed by atoms with Crippen LogP contribution in [-0.2, 0) is 4.74 Å². The lowest BCUT2D eigenvalue weighted by Crippen LogP contribution is -2.47. The summed E-state index contributed by atoms with van der Waals surface area (Å²) in [6.45, 7) is 3.38. The van der Waals surface area contributed by atoms with Crippen molar-refractivity contribution in [3.05, 3.63) is 16.3 Å². The molecular weight excluding hydrogens is 328 g/mol. The molecule has 1 saturated heterocycles. The lowest BCUT2D eigenvalue weighted by Gasteiger charge is -2.37. The van der Waals surface area contributed by atoms with Crippen LogP contribution in [0.15, 0.2) is 16.3 Å². The molecule has 1 aliphatic rings. The van der Waals surface area contributed by atoms with Gasteiger partial charge in [-0.25, -0.2) is 0 Å². The van der Waals surface area contributed by atoms with Crippen molar-refractivity contribution in [1.29, 1.82) is 0 Å². The van der Waals surface area contributed by atoms with E-state index in [1.165, 1.54) is 11.3 Å². The third-order valence-electron chi connectivity index (χ3n) is 3.79. The van der Waals surface area contributed by atoms with Crippen molar-refractivity contribution in [3.8, 4) is 0 Å². The number of hydrogen-bond donors (Lipinski definition) is 2. The molecule has 2 heterocycles. The molecule has 0 spiro atoms. The Morgan fingerprint density at radius 3 is 2.86 bits per heavy atom. The minimum Gasteiger partial charge on any atom is -0.384 e. The molecule has 1 aliphatic heterocycles. The summed E-state index contributed by atoms with van der Waals surface area (Å²) in [5, 5.41) is 8.44. The van der Waals surface area contributed by atoms with Gasteiger partial charge in [0.05, 0.1) is 6.61 Å². The van der Waals surface area contributed by atoms with E-state index in [9.17, 15) is 4.79 Å². The number of nitrogens with one attached hydrogen (secondary N) is 2. The fraction of sp³-hybridized carbons (Fsp3) is 0.643. The molecule has 0 bridgehead atoms. The van der Waals surface area contributed by atoms with Crippen molar-refractivity contribution in [2.75, 3.05) is 39.6 Å². The molecule has 0 unspecified atom stereocenters. The van der Waals surface area contributed by atoms with Gasteiger partial charge in [0.2, 0.25) is 0 Å². The van der Waals surface area contributed by atoms with Crippen LogP contribution in [0.4, 0.5) is 0 Å². The predicted octanol–water partition coefficient (Wildman–Crippen LogP) is 2.64. The van der Waals surface area contributed by atoms with E-state index in [2.05, 4.69) is 10.6 Å². The first-order valence-electron chi connectivity index (χ1n) is 6.80. The number of thiophene rings is 1. The van der Waals surface area contributed by atoms with Crippen LogP contribution in [0.1, 0.15) is 22.5 Å². The van der Waals surface area contributed by atoms with Crippen LogP contribution in [0, 0.1) is 5.41 Å². The Morgan fingerprint density at radius 1 is 1.52 bits per heavy atom. The smallest absolute Gasteiger partial charge is 0.262 e. The van der Waals surface area contributed by atoms with Gasteiger partial charge in [0.15, 0.2) is 0 Å². The zero-order chi connectivity index (χ0) is 14.4. The summed E-state index contributed by atoms with van der Waals surface area (Å²) < 4.78 is 5.37. The lowest BCUT2D eigenvalue weighted by molar-refractivity contribution is 0.0512. The van der Waals surface area contributed by atoms with Crippen LogP contribution in [0.2, 0.25) is 0 Å². The van der Waals surface area contributed by atoms with Gasteiger partial charge in [0.1, 0.15) is 4.88 Å². The molecule has 2 rings (SSSR count). The van der Waals surface area contributed by atoms with Crippen LogP contribution in [0.3, 0.4) is 0 Å².